The Morgan fingerprint density at radius 2 is 2.10 bits per heavy atom. The van der Waals surface area contributed by atoms with Crippen molar-refractivity contribution in [3.05, 3.63) is 58.6 Å². The summed E-state index contributed by atoms with van der Waals surface area (Å²) in [6.45, 7) is 3.88. The van der Waals surface area contributed by atoms with Crippen molar-refractivity contribution >= 4 is 11.6 Å². The van der Waals surface area contributed by atoms with Crippen molar-refractivity contribution < 1.29 is 9.13 Å². The first-order valence-corrected chi connectivity index (χ1v) is 7.15. The third kappa shape index (κ3) is 4.16. The molecule has 0 saturated carbocycles. The third-order valence-corrected chi connectivity index (χ3v) is 3.30. The molecule has 2 aromatic rings. The summed E-state index contributed by atoms with van der Waals surface area (Å²) in [5.74, 6) is 0.238. The van der Waals surface area contributed by atoms with Gasteiger partial charge in [0, 0.05) is 12.2 Å². The number of halogens is 2. The summed E-state index contributed by atoms with van der Waals surface area (Å²) >= 11 is 5.78. The van der Waals surface area contributed by atoms with Crippen molar-refractivity contribution in [3.8, 4) is 5.75 Å². The van der Waals surface area contributed by atoms with E-state index in [1.54, 1.807) is 24.5 Å². The molecular weight excluding hydrogens is 291 g/mol. The van der Waals surface area contributed by atoms with Crippen molar-refractivity contribution in [2.45, 2.75) is 32.4 Å². The first-order valence-electron chi connectivity index (χ1n) is 6.77. The average molecular weight is 309 g/mol. The summed E-state index contributed by atoms with van der Waals surface area (Å²) in [4.78, 5) is 4.12. The minimum Gasteiger partial charge on any atom is -0.489 e. The number of nitrogens with two attached hydrogens (primary N) is 1. The van der Waals surface area contributed by atoms with Crippen molar-refractivity contribution in [3.63, 3.8) is 0 Å². The largest absolute Gasteiger partial charge is 0.489 e. The molecule has 2 N–H and O–H groups in total. The van der Waals surface area contributed by atoms with E-state index < -0.39 is 5.82 Å². The first-order chi connectivity index (χ1) is 9.97. The van der Waals surface area contributed by atoms with Crippen molar-refractivity contribution in [1.29, 1.82) is 0 Å². The van der Waals surface area contributed by atoms with Gasteiger partial charge < -0.3 is 10.5 Å². The fraction of sp³-hybridized carbons (Fsp3) is 0.312. The predicted octanol–water partition coefficient (Wildman–Crippen LogP) is 3.90. The van der Waals surface area contributed by atoms with Crippen LogP contribution in [0, 0.1) is 5.82 Å². The van der Waals surface area contributed by atoms with E-state index in [0.717, 1.165) is 5.56 Å². The van der Waals surface area contributed by atoms with E-state index >= 15 is 0 Å². The second kappa shape index (κ2) is 6.87. The van der Waals surface area contributed by atoms with Crippen LogP contribution in [-0.4, -0.2) is 11.1 Å². The highest BCUT2D eigenvalue weighted by Gasteiger charge is 2.13. The van der Waals surface area contributed by atoms with Crippen LogP contribution in [0.2, 0.25) is 5.02 Å². The van der Waals surface area contributed by atoms with Crippen LogP contribution in [0.4, 0.5) is 4.39 Å². The molecule has 3 nitrogen and oxygen atoms in total. The van der Waals surface area contributed by atoms with E-state index in [-0.39, 0.29) is 17.2 Å². The second-order valence-corrected chi connectivity index (χ2v) is 5.55. The molecule has 1 atom stereocenters. The van der Waals surface area contributed by atoms with Gasteiger partial charge in [-0.1, -0.05) is 23.7 Å². The Morgan fingerprint density at radius 1 is 1.33 bits per heavy atom. The van der Waals surface area contributed by atoms with Gasteiger partial charge in [-0.25, -0.2) is 4.39 Å². The molecule has 112 valence electrons. The van der Waals surface area contributed by atoms with Crippen molar-refractivity contribution in [1.82, 2.24) is 4.98 Å². The summed E-state index contributed by atoms with van der Waals surface area (Å²) < 4.78 is 19.5. The molecular formula is C16H18ClFN2O. The molecule has 0 saturated heterocycles. The highest BCUT2D eigenvalue weighted by Crippen LogP contribution is 2.24. The zero-order valence-corrected chi connectivity index (χ0v) is 12.8. The van der Waals surface area contributed by atoms with E-state index in [9.17, 15) is 4.39 Å². The Morgan fingerprint density at radius 3 is 2.81 bits per heavy atom. The van der Waals surface area contributed by atoms with Crippen LogP contribution >= 0.6 is 11.6 Å². The molecule has 0 radical (unpaired) electrons. The van der Waals surface area contributed by atoms with Crippen molar-refractivity contribution in [2.24, 2.45) is 5.73 Å². The number of pyridine rings is 1. The fourth-order valence-corrected chi connectivity index (χ4v) is 2.23. The van der Waals surface area contributed by atoms with E-state index in [1.165, 1.54) is 6.07 Å². The zero-order chi connectivity index (χ0) is 15.4. The van der Waals surface area contributed by atoms with Gasteiger partial charge in [-0.3, -0.25) is 4.98 Å². The summed E-state index contributed by atoms with van der Waals surface area (Å²) in [6.07, 6.45) is 3.71. The highest BCUT2D eigenvalue weighted by molar-refractivity contribution is 6.30. The van der Waals surface area contributed by atoms with E-state index in [1.807, 2.05) is 19.9 Å². The molecule has 2 rings (SSSR count). The minimum absolute atomic E-state index is 0.0589. The maximum Gasteiger partial charge on any atom is 0.145 e. The lowest BCUT2D eigenvalue weighted by Gasteiger charge is -2.15. The maximum absolute atomic E-state index is 13.9. The Labute approximate surface area is 128 Å². The molecule has 0 bridgehead atoms. The molecule has 1 unspecified atom stereocenters. The van der Waals surface area contributed by atoms with Crippen molar-refractivity contribution in [2.75, 3.05) is 0 Å². The van der Waals surface area contributed by atoms with E-state index in [2.05, 4.69) is 4.98 Å². The van der Waals surface area contributed by atoms with Gasteiger partial charge in [0.25, 0.3) is 0 Å². The number of hydrogen-bond acceptors (Lipinski definition) is 3. The van der Waals surface area contributed by atoms with Crippen LogP contribution in [0.15, 0.2) is 36.7 Å². The number of aromatic nitrogens is 1. The lowest BCUT2D eigenvalue weighted by atomic mass is 10.0. The normalized spacial score (nSPS) is 12.5. The highest BCUT2D eigenvalue weighted by atomic mass is 35.5. The molecule has 0 aliphatic rings. The van der Waals surface area contributed by atoms with Crippen LogP contribution < -0.4 is 10.5 Å². The minimum atomic E-state index is -0.419. The molecule has 0 amide bonds. The molecule has 5 heteroatoms. The number of benzene rings is 1. The summed E-state index contributed by atoms with van der Waals surface area (Å²) in [7, 11) is 0. The fourth-order valence-electron chi connectivity index (χ4n) is 2.04. The Kier molecular flexibility index (Phi) is 5.15. The molecule has 1 aromatic carbocycles. The van der Waals surface area contributed by atoms with Gasteiger partial charge in [-0.05, 0) is 43.5 Å². The van der Waals surface area contributed by atoms with Crippen LogP contribution in [0.3, 0.4) is 0 Å². The first kappa shape index (κ1) is 15.7. The number of ether oxygens (including phenoxy) is 1. The summed E-state index contributed by atoms with van der Waals surface area (Å²) in [6, 6.07) is 6.37. The summed E-state index contributed by atoms with van der Waals surface area (Å²) in [5, 5.41) is 0.106. The average Bonchev–Trinajstić information content (AvgIpc) is 2.43. The van der Waals surface area contributed by atoms with Crippen LogP contribution in [0.5, 0.6) is 5.75 Å². The number of hydrogen-bond donors (Lipinski definition) is 1. The molecule has 0 spiro atoms. The lowest BCUT2D eigenvalue weighted by molar-refractivity contribution is 0.241. The number of rotatable bonds is 5. The lowest BCUT2D eigenvalue weighted by Crippen LogP contribution is -2.15. The molecule has 0 aliphatic carbocycles. The molecule has 1 heterocycles. The van der Waals surface area contributed by atoms with Gasteiger partial charge in [0.2, 0.25) is 0 Å². The van der Waals surface area contributed by atoms with E-state index in [0.29, 0.717) is 17.7 Å². The predicted molar refractivity (Wildman–Crippen MR) is 82.0 cm³/mol. The molecule has 0 aliphatic heterocycles. The quantitative estimate of drug-likeness (QED) is 0.911. The third-order valence-electron chi connectivity index (χ3n) is 3.01. The van der Waals surface area contributed by atoms with Gasteiger partial charge in [0.05, 0.1) is 17.3 Å². The van der Waals surface area contributed by atoms with Gasteiger partial charge in [-0.2, -0.15) is 0 Å². The summed E-state index contributed by atoms with van der Waals surface area (Å²) in [5.41, 5.74) is 7.43. The Balaban J connectivity index is 2.16. The van der Waals surface area contributed by atoms with Gasteiger partial charge in [-0.15, -0.1) is 0 Å². The SMILES string of the molecule is CC(C)Oc1cncc(C(N)Cc2cccc(Cl)c2F)c1. The Hall–Kier alpha value is -1.65. The standard InChI is InChI=1S/C16H18ClFN2O/c1-10(2)21-13-6-12(8-20-9-13)15(19)7-11-4-3-5-14(17)16(11)18/h3-6,8-10,15H,7,19H2,1-2H3. The molecule has 1 aromatic heterocycles. The topological polar surface area (TPSA) is 48.1 Å². The van der Waals surface area contributed by atoms with Crippen LogP contribution in [0.1, 0.15) is 31.0 Å². The van der Waals surface area contributed by atoms with Gasteiger partial charge >= 0.3 is 0 Å². The monoisotopic (exact) mass is 308 g/mol. The van der Waals surface area contributed by atoms with Gasteiger partial charge in [0.1, 0.15) is 11.6 Å². The van der Waals surface area contributed by atoms with Gasteiger partial charge in [0.15, 0.2) is 0 Å². The van der Waals surface area contributed by atoms with E-state index in [4.69, 9.17) is 22.1 Å². The Bertz CT molecular complexity index is 619. The maximum atomic E-state index is 13.9. The molecule has 0 fully saturated rings. The zero-order valence-electron chi connectivity index (χ0n) is 12.0. The second-order valence-electron chi connectivity index (χ2n) is 5.14. The smallest absolute Gasteiger partial charge is 0.145 e. The van der Waals surface area contributed by atoms with Crippen LogP contribution in [-0.2, 0) is 6.42 Å². The number of nitrogens with zero attached hydrogens (tertiary/aromatic N) is 1. The molecule has 21 heavy (non-hydrogen) atoms. The van der Waals surface area contributed by atoms with Crippen LogP contribution in [0.25, 0.3) is 0 Å².